The Kier molecular flexibility index (Phi) is 6.04. The molecule has 0 saturated heterocycles. The van der Waals surface area contributed by atoms with Gasteiger partial charge in [0.2, 0.25) is 0 Å². The minimum atomic E-state index is -0.00234. The monoisotopic (exact) mass is 336 g/mol. The van der Waals surface area contributed by atoms with Crippen LogP contribution in [0.1, 0.15) is 36.0 Å². The van der Waals surface area contributed by atoms with Crippen LogP contribution in [0, 0.1) is 0 Å². The Morgan fingerprint density at radius 2 is 1.72 bits per heavy atom. The normalized spacial score (nSPS) is 10.7. The van der Waals surface area contributed by atoms with Gasteiger partial charge in [0.1, 0.15) is 0 Å². The summed E-state index contributed by atoms with van der Waals surface area (Å²) >= 11 is 0. The van der Waals surface area contributed by atoms with Crippen LogP contribution in [-0.2, 0) is 6.54 Å². The molecular formula is C20H24N4O. The Balaban J connectivity index is 1.32. The van der Waals surface area contributed by atoms with E-state index in [9.17, 15) is 4.79 Å². The van der Waals surface area contributed by atoms with Gasteiger partial charge in [-0.25, -0.2) is 4.98 Å². The Morgan fingerprint density at radius 3 is 2.44 bits per heavy atom. The quantitative estimate of drug-likeness (QED) is 0.606. The van der Waals surface area contributed by atoms with Gasteiger partial charge < -0.3 is 14.5 Å². The first-order valence-corrected chi connectivity index (χ1v) is 8.80. The summed E-state index contributed by atoms with van der Waals surface area (Å²) in [5.74, 6) is -0.00234. The second-order valence-electron chi connectivity index (χ2n) is 6.11. The zero-order valence-corrected chi connectivity index (χ0v) is 14.3. The van der Waals surface area contributed by atoms with Crippen molar-refractivity contribution in [1.82, 2.24) is 19.4 Å². The van der Waals surface area contributed by atoms with Gasteiger partial charge in [-0.1, -0.05) is 12.8 Å². The zero-order valence-electron chi connectivity index (χ0n) is 14.3. The van der Waals surface area contributed by atoms with Crippen LogP contribution in [0.15, 0.2) is 67.5 Å². The number of benzene rings is 1. The Hall–Kier alpha value is -2.82. The number of unbranched alkanes of at least 4 members (excludes halogenated alkanes) is 3. The number of aromatic nitrogens is 3. The molecule has 0 saturated carbocycles. The molecule has 3 aromatic rings. The predicted octanol–water partition coefficient (Wildman–Crippen LogP) is 3.66. The standard InChI is InChI=1S/C20H24N4O/c25-20(18-7-9-19(10-8-18)24-14-5-6-15-24)22-11-3-1-2-4-13-23-16-12-21-17-23/h5-10,12,14-17H,1-4,11,13H2,(H,22,25). The molecule has 0 radical (unpaired) electrons. The number of hydrogen-bond donors (Lipinski definition) is 1. The summed E-state index contributed by atoms with van der Waals surface area (Å²) in [6, 6.07) is 11.6. The number of hydrogen-bond acceptors (Lipinski definition) is 2. The molecule has 1 aromatic carbocycles. The van der Waals surface area contributed by atoms with Gasteiger partial charge in [0.15, 0.2) is 0 Å². The Morgan fingerprint density at radius 1 is 0.960 bits per heavy atom. The molecule has 0 aliphatic heterocycles. The van der Waals surface area contributed by atoms with Gasteiger partial charge in [-0.05, 0) is 49.2 Å². The largest absolute Gasteiger partial charge is 0.352 e. The molecule has 0 atom stereocenters. The highest BCUT2D eigenvalue weighted by Crippen LogP contribution is 2.10. The van der Waals surface area contributed by atoms with E-state index in [-0.39, 0.29) is 5.91 Å². The molecule has 25 heavy (non-hydrogen) atoms. The molecule has 0 unspecified atom stereocenters. The SMILES string of the molecule is O=C(NCCCCCCn1ccnc1)c1ccc(-n2cccc2)cc1. The highest BCUT2D eigenvalue weighted by Gasteiger charge is 2.05. The predicted molar refractivity (Wildman–Crippen MR) is 98.8 cm³/mol. The number of nitrogens with zero attached hydrogens (tertiary/aromatic N) is 3. The number of carbonyl (C=O) groups excluding carboxylic acids is 1. The first-order chi connectivity index (χ1) is 12.3. The van der Waals surface area contributed by atoms with Crippen molar-refractivity contribution in [2.75, 3.05) is 6.54 Å². The van der Waals surface area contributed by atoms with Gasteiger partial charge in [0.25, 0.3) is 5.91 Å². The minimum absolute atomic E-state index is 0.00234. The highest BCUT2D eigenvalue weighted by atomic mass is 16.1. The molecule has 2 heterocycles. The molecule has 1 N–H and O–H groups in total. The van der Waals surface area contributed by atoms with Crippen molar-refractivity contribution in [3.05, 3.63) is 73.1 Å². The summed E-state index contributed by atoms with van der Waals surface area (Å²) in [5, 5.41) is 3.00. The average molecular weight is 336 g/mol. The second kappa shape index (κ2) is 8.87. The Bertz CT molecular complexity index is 746. The van der Waals surface area contributed by atoms with E-state index in [1.807, 2.05) is 65.9 Å². The molecule has 0 fully saturated rings. The fourth-order valence-corrected chi connectivity index (χ4v) is 2.79. The molecule has 1 amide bonds. The van der Waals surface area contributed by atoms with Crippen LogP contribution < -0.4 is 5.32 Å². The number of aryl methyl sites for hydroxylation is 1. The van der Waals surface area contributed by atoms with Gasteiger partial charge in [-0.3, -0.25) is 4.79 Å². The summed E-state index contributed by atoms with van der Waals surface area (Å²) in [5.41, 5.74) is 1.76. The Labute approximate surface area is 148 Å². The number of nitrogens with one attached hydrogen (secondary N) is 1. The van der Waals surface area contributed by atoms with Gasteiger partial charge >= 0.3 is 0 Å². The molecule has 5 nitrogen and oxygen atoms in total. The van der Waals surface area contributed by atoms with E-state index in [1.165, 1.54) is 6.42 Å². The van der Waals surface area contributed by atoms with Crippen molar-refractivity contribution in [3.63, 3.8) is 0 Å². The van der Waals surface area contributed by atoms with Crippen molar-refractivity contribution in [3.8, 4) is 5.69 Å². The minimum Gasteiger partial charge on any atom is -0.352 e. The van der Waals surface area contributed by atoms with E-state index in [4.69, 9.17) is 0 Å². The third-order valence-electron chi connectivity index (χ3n) is 4.22. The lowest BCUT2D eigenvalue weighted by atomic mass is 10.1. The molecule has 0 bridgehead atoms. The van der Waals surface area contributed by atoms with E-state index >= 15 is 0 Å². The maximum Gasteiger partial charge on any atom is 0.251 e. The van der Waals surface area contributed by atoms with Gasteiger partial charge in [0.05, 0.1) is 6.33 Å². The average Bonchev–Trinajstić information content (AvgIpc) is 3.35. The first kappa shape index (κ1) is 17.0. The van der Waals surface area contributed by atoms with Crippen LogP contribution >= 0.6 is 0 Å². The van der Waals surface area contributed by atoms with Crippen LogP contribution in [-0.4, -0.2) is 26.6 Å². The molecule has 2 aromatic heterocycles. The summed E-state index contributed by atoms with van der Waals surface area (Å²) in [4.78, 5) is 16.2. The van der Waals surface area contributed by atoms with Crippen LogP contribution in [0.3, 0.4) is 0 Å². The second-order valence-corrected chi connectivity index (χ2v) is 6.11. The maximum atomic E-state index is 12.2. The molecule has 0 aliphatic carbocycles. The maximum absolute atomic E-state index is 12.2. The van der Waals surface area contributed by atoms with Crippen molar-refractivity contribution >= 4 is 5.91 Å². The van der Waals surface area contributed by atoms with Gasteiger partial charge in [-0.15, -0.1) is 0 Å². The number of carbonyl (C=O) groups is 1. The van der Waals surface area contributed by atoms with E-state index < -0.39 is 0 Å². The van der Waals surface area contributed by atoms with Gasteiger partial charge in [-0.2, -0.15) is 0 Å². The molecule has 3 rings (SSSR count). The summed E-state index contributed by atoms with van der Waals surface area (Å²) in [6.07, 6.45) is 14.1. The van der Waals surface area contributed by atoms with Crippen molar-refractivity contribution < 1.29 is 4.79 Å². The lowest BCUT2D eigenvalue weighted by Crippen LogP contribution is -2.24. The molecular weight excluding hydrogens is 312 g/mol. The molecule has 130 valence electrons. The number of amides is 1. The van der Waals surface area contributed by atoms with Crippen LogP contribution in [0.4, 0.5) is 0 Å². The van der Waals surface area contributed by atoms with Crippen molar-refractivity contribution in [1.29, 1.82) is 0 Å². The van der Waals surface area contributed by atoms with Crippen LogP contribution in [0.5, 0.6) is 0 Å². The van der Waals surface area contributed by atoms with Crippen molar-refractivity contribution in [2.24, 2.45) is 0 Å². The van der Waals surface area contributed by atoms with Crippen molar-refractivity contribution in [2.45, 2.75) is 32.2 Å². The van der Waals surface area contributed by atoms with E-state index in [1.54, 1.807) is 6.20 Å². The molecule has 5 heteroatoms. The smallest absolute Gasteiger partial charge is 0.251 e. The molecule has 0 aliphatic rings. The van der Waals surface area contributed by atoms with E-state index in [2.05, 4.69) is 14.9 Å². The third kappa shape index (κ3) is 5.08. The summed E-state index contributed by atoms with van der Waals surface area (Å²) in [6.45, 7) is 1.74. The van der Waals surface area contributed by atoms with E-state index in [0.29, 0.717) is 5.56 Å². The number of imidazole rings is 1. The van der Waals surface area contributed by atoms with Crippen LogP contribution in [0.2, 0.25) is 0 Å². The fourth-order valence-electron chi connectivity index (χ4n) is 2.79. The topological polar surface area (TPSA) is 51.9 Å². The summed E-state index contributed by atoms with van der Waals surface area (Å²) < 4.78 is 4.12. The summed E-state index contributed by atoms with van der Waals surface area (Å²) in [7, 11) is 0. The zero-order chi connectivity index (χ0) is 17.3. The molecule has 0 spiro atoms. The van der Waals surface area contributed by atoms with Gasteiger partial charge in [0, 0.05) is 49.1 Å². The lowest BCUT2D eigenvalue weighted by molar-refractivity contribution is 0.0953. The fraction of sp³-hybridized carbons (Fsp3) is 0.300. The van der Waals surface area contributed by atoms with Crippen LogP contribution in [0.25, 0.3) is 5.69 Å². The number of rotatable bonds is 9. The lowest BCUT2D eigenvalue weighted by Gasteiger charge is -2.07. The van der Waals surface area contributed by atoms with E-state index in [0.717, 1.165) is 38.0 Å². The third-order valence-corrected chi connectivity index (χ3v) is 4.22. The first-order valence-electron chi connectivity index (χ1n) is 8.80. The highest BCUT2D eigenvalue weighted by molar-refractivity contribution is 5.94.